The van der Waals surface area contributed by atoms with Gasteiger partial charge in [-0.15, -0.1) is 0 Å². The molecule has 1 aromatic carbocycles. The van der Waals surface area contributed by atoms with Crippen LogP contribution < -0.4 is 20.3 Å². The number of nitrogens with one attached hydrogen (secondary N) is 2. The van der Waals surface area contributed by atoms with Gasteiger partial charge in [0.15, 0.2) is 11.5 Å². The van der Waals surface area contributed by atoms with Crippen LogP contribution in [0.3, 0.4) is 0 Å². The Kier molecular flexibility index (Phi) is 4.65. The number of ether oxygens (including phenoxy) is 2. The van der Waals surface area contributed by atoms with Crippen LogP contribution in [0.1, 0.15) is 15.9 Å². The summed E-state index contributed by atoms with van der Waals surface area (Å²) in [6.45, 7) is 0.105. The highest BCUT2D eigenvalue weighted by Gasteiger charge is 2.11. The van der Waals surface area contributed by atoms with Gasteiger partial charge in [0, 0.05) is 36.0 Å². The van der Waals surface area contributed by atoms with Gasteiger partial charge in [0.05, 0.1) is 25.3 Å². The summed E-state index contributed by atoms with van der Waals surface area (Å²) in [5, 5.41) is 3.50. The zero-order chi connectivity index (χ0) is 17.8. The molecule has 7 nitrogen and oxygen atoms in total. The molecule has 0 unspecified atom stereocenters. The largest absolute Gasteiger partial charge is 0.493 e. The molecule has 2 aromatic heterocycles. The van der Waals surface area contributed by atoms with Crippen LogP contribution in [0.5, 0.6) is 11.5 Å². The van der Waals surface area contributed by atoms with Crippen molar-refractivity contribution in [2.75, 3.05) is 14.2 Å². The average Bonchev–Trinajstić information content (AvgIpc) is 2.65. The van der Waals surface area contributed by atoms with Gasteiger partial charge in [-0.05, 0) is 24.3 Å². The number of amides is 1. The van der Waals surface area contributed by atoms with Crippen molar-refractivity contribution in [3.8, 4) is 11.5 Å². The van der Waals surface area contributed by atoms with E-state index in [1.807, 2.05) is 0 Å². The maximum Gasteiger partial charge on any atom is 0.253 e. The summed E-state index contributed by atoms with van der Waals surface area (Å²) < 4.78 is 10.5. The molecule has 0 bridgehead atoms. The molecule has 0 saturated carbocycles. The van der Waals surface area contributed by atoms with E-state index in [0.29, 0.717) is 28.1 Å². The lowest BCUT2D eigenvalue weighted by atomic mass is 10.1. The van der Waals surface area contributed by atoms with Crippen molar-refractivity contribution < 1.29 is 14.3 Å². The van der Waals surface area contributed by atoms with Gasteiger partial charge in [0.1, 0.15) is 0 Å². The molecule has 128 valence electrons. The van der Waals surface area contributed by atoms with Crippen LogP contribution in [0.25, 0.3) is 10.9 Å². The molecule has 7 heteroatoms. The number of rotatable bonds is 5. The minimum atomic E-state index is -0.292. The van der Waals surface area contributed by atoms with Gasteiger partial charge in [0.25, 0.3) is 11.5 Å². The number of benzene rings is 1. The molecule has 0 aliphatic carbocycles. The molecule has 1 amide bonds. The number of H-pyrrole nitrogens is 1. The van der Waals surface area contributed by atoms with Crippen LogP contribution >= 0.6 is 0 Å². The number of hydrogen-bond donors (Lipinski definition) is 2. The zero-order valence-electron chi connectivity index (χ0n) is 13.8. The normalized spacial score (nSPS) is 10.5. The van der Waals surface area contributed by atoms with Gasteiger partial charge in [-0.1, -0.05) is 0 Å². The number of methoxy groups -OCH3 is 2. The zero-order valence-corrected chi connectivity index (χ0v) is 13.8. The second-order valence-corrected chi connectivity index (χ2v) is 5.34. The summed E-state index contributed by atoms with van der Waals surface area (Å²) in [4.78, 5) is 31.0. The minimum absolute atomic E-state index is 0.105. The quantitative estimate of drug-likeness (QED) is 0.740. The van der Waals surface area contributed by atoms with Crippen molar-refractivity contribution in [3.05, 3.63) is 64.2 Å². The first-order valence-electron chi connectivity index (χ1n) is 7.58. The number of carbonyl (C=O) groups is 1. The smallest absolute Gasteiger partial charge is 0.253 e. The van der Waals surface area contributed by atoms with Crippen LogP contribution in [-0.2, 0) is 6.54 Å². The first kappa shape index (κ1) is 16.5. The van der Waals surface area contributed by atoms with Gasteiger partial charge < -0.3 is 19.8 Å². The first-order chi connectivity index (χ1) is 12.1. The number of carbonyl (C=O) groups excluding carboxylic acids is 1. The number of aromatic amines is 1. The molecule has 3 aromatic rings. The molecule has 3 rings (SSSR count). The Morgan fingerprint density at radius 2 is 1.96 bits per heavy atom. The molecule has 0 saturated heterocycles. The van der Waals surface area contributed by atoms with Crippen LogP contribution in [0.2, 0.25) is 0 Å². The van der Waals surface area contributed by atoms with Gasteiger partial charge >= 0.3 is 0 Å². The summed E-state index contributed by atoms with van der Waals surface area (Å²) in [6.07, 6.45) is 3.06. The summed E-state index contributed by atoms with van der Waals surface area (Å²) in [5.41, 5.74) is 1.24. The van der Waals surface area contributed by atoms with Crippen molar-refractivity contribution in [3.63, 3.8) is 0 Å². The van der Waals surface area contributed by atoms with Gasteiger partial charge in [-0.25, -0.2) is 0 Å². The van der Waals surface area contributed by atoms with Crippen LogP contribution in [0, 0.1) is 0 Å². The monoisotopic (exact) mass is 339 g/mol. The Morgan fingerprint density at radius 3 is 2.64 bits per heavy atom. The number of nitrogens with zero attached hydrogens (tertiary/aromatic N) is 1. The van der Waals surface area contributed by atoms with Gasteiger partial charge in [-0.3, -0.25) is 14.6 Å². The number of fused-ring (bicyclic) bond motifs is 1. The Hall–Kier alpha value is -3.35. The van der Waals surface area contributed by atoms with Crippen LogP contribution in [-0.4, -0.2) is 30.1 Å². The summed E-state index contributed by atoms with van der Waals surface area (Å²) in [6, 6.07) is 8.53. The van der Waals surface area contributed by atoms with Crippen molar-refractivity contribution >= 4 is 16.8 Å². The van der Waals surface area contributed by atoms with E-state index in [1.165, 1.54) is 13.3 Å². The second-order valence-electron chi connectivity index (χ2n) is 5.34. The fourth-order valence-electron chi connectivity index (χ4n) is 2.48. The maximum atomic E-state index is 12.2. The Bertz CT molecular complexity index is 967. The average molecular weight is 339 g/mol. The maximum absolute atomic E-state index is 12.2. The minimum Gasteiger partial charge on any atom is -0.493 e. The standard InChI is InChI=1S/C18H17N3O4/c1-24-15-7-12-6-13(18(23)21-14(12)8-16(15)25-2)10-20-17(22)11-4-3-5-19-9-11/h3-9H,10H2,1-2H3,(H,20,22)(H,21,23). The van der Waals surface area contributed by atoms with Crippen LogP contribution in [0.15, 0.2) is 47.5 Å². The molecular weight excluding hydrogens is 322 g/mol. The number of aromatic nitrogens is 2. The number of pyridine rings is 2. The first-order valence-corrected chi connectivity index (χ1v) is 7.58. The predicted octanol–water partition coefficient (Wildman–Crippen LogP) is 1.87. The van der Waals surface area contributed by atoms with E-state index in [0.717, 1.165) is 5.39 Å². The van der Waals surface area contributed by atoms with Crippen molar-refractivity contribution in [2.24, 2.45) is 0 Å². The van der Waals surface area contributed by atoms with Crippen molar-refractivity contribution in [2.45, 2.75) is 6.54 Å². The predicted molar refractivity (Wildman–Crippen MR) is 93.1 cm³/mol. The molecule has 25 heavy (non-hydrogen) atoms. The molecule has 0 aliphatic heterocycles. The van der Waals surface area contributed by atoms with E-state index in [1.54, 1.807) is 43.6 Å². The molecule has 0 radical (unpaired) electrons. The lowest BCUT2D eigenvalue weighted by molar-refractivity contribution is 0.0950. The third-order valence-corrected chi connectivity index (χ3v) is 3.79. The Labute approximate surface area is 143 Å². The highest BCUT2D eigenvalue weighted by Crippen LogP contribution is 2.30. The molecule has 0 fully saturated rings. The third-order valence-electron chi connectivity index (χ3n) is 3.79. The Morgan fingerprint density at radius 1 is 1.20 bits per heavy atom. The van der Waals surface area contributed by atoms with E-state index < -0.39 is 0 Å². The second kappa shape index (κ2) is 7.04. The van der Waals surface area contributed by atoms with E-state index in [-0.39, 0.29) is 18.0 Å². The molecule has 2 heterocycles. The van der Waals surface area contributed by atoms with Gasteiger partial charge in [-0.2, -0.15) is 0 Å². The van der Waals surface area contributed by atoms with E-state index in [2.05, 4.69) is 15.3 Å². The lowest BCUT2D eigenvalue weighted by Gasteiger charge is -2.10. The third kappa shape index (κ3) is 3.45. The summed E-state index contributed by atoms with van der Waals surface area (Å²) >= 11 is 0. The van der Waals surface area contributed by atoms with Crippen molar-refractivity contribution in [1.82, 2.24) is 15.3 Å². The highest BCUT2D eigenvalue weighted by atomic mass is 16.5. The van der Waals surface area contributed by atoms with E-state index >= 15 is 0 Å². The number of hydrogen-bond acceptors (Lipinski definition) is 5. The Balaban J connectivity index is 1.88. The topological polar surface area (TPSA) is 93.3 Å². The molecule has 0 aliphatic rings. The fourth-order valence-corrected chi connectivity index (χ4v) is 2.48. The summed E-state index contributed by atoms with van der Waals surface area (Å²) in [7, 11) is 3.08. The van der Waals surface area contributed by atoms with E-state index in [4.69, 9.17) is 9.47 Å². The van der Waals surface area contributed by atoms with Gasteiger partial charge in [0.2, 0.25) is 0 Å². The van der Waals surface area contributed by atoms with Crippen LogP contribution in [0.4, 0.5) is 0 Å². The summed E-state index contributed by atoms with van der Waals surface area (Å²) in [5.74, 6) is 0.801. The molecular formula is C18H17N3O4. The molecule has 0 spiro atoms. The fraction of sp³-hybridized carbons (Fsp3) is 0.167. The molecule has 2 N–H and O–H groups in total. The lowest BCUT2D eigenvalue weighted by Crippen LogP contribution is -2.26. The van der Waals surface area contributed by atoms with E-state index in [9.17, 15) is 9.59 Å². The molecule has 0 atom stereocenters. The highest BCUT2D eigenvalue weighted by molar-refractivity contribution is 5.93. The SMILES string of the molecule is COc1cc2cc(CNC(=O)c3cccnc3)c(=O)[nH]c2cc1OC. The van der Waals surface area contributed by atoms with Crippen molar-refractivity contribution in [1.29, 1.82) is 0 Å².